The van der Waals surface area contributed by atoms with Gasteiger partial charge in [-0.25, -0.2) is 4.57 Å². The van der Waals surface area contributed by atoms with E-state index in [0.717, 1.165) is 38.5 Å². The largest absolute Gasteiger partial charge is 0.472 e. The fourth-order valence-corrected chi connectivity index (χ4v) is 6.22. The number of ether oxygens (including phenoxy) is 2. The molecule has 9 nitrogen and oxygen atoms in total. The maximum absolute atomic E-state index is 12.7. The molecule has 0 aromatic carbocycles. The molecule has 1 N–H and O–H groups in total. The number of phosphoric acid groups is 1. The number of carbonyl (C=O) groups is 2. The van der Waals surface area contributed by atoms with E-state index in [9.17, 15) is 19.0 Å². The van der Waals surface area contributed by atoms with Crippen LogP contribution < -0.4 is 0 Å². The van der Waals surface area contributed by atoms with Crippen molar-refractivity contribution in [2.45, 2.75) is 174 Å². The van der Waals surface area contributed by atoms with Gasteiger partial charge in [0.25, 0.3) is 0 Å². The van der Waals surface area contributed by atoms with Crippen molar-refractivity contribution in [3.63, 3.8) is 0 Å². The average molecular weight is 783 g/mol. The zero-order valence-corrected chi connectivity index (χ0v) is 36.1. The molecule has 314 valence electrons. The molecule has 0 aromatic heterocycles. The summed E-state index contributed by atoms with van der Waals surface area (Å²) in [4.78, 5) is 35.3. The highest BCUT2D eigenvalue weighted by Crippen LogP contribution is 2.43. The molecule has 0 aliphatic heterocycles. The number of phosphoric ester groups is 1. The van der Waals surface area contributed by atoms with Gasteiger partial charge in [-0.05, 0) is 51.4 Å². The van der Waals surface area contributed by atoms with Gasteiger partial charge in [0.15, 0.2) is 6.10 Å². The minimum atomic E-state index is -4.38. The van der Waals surface area contributed by atoms with E-state index in [-0.39, 0.29) is 26.1 Å². The standard InChI is InChI=1S/C44H80NO8P/c1-6-8-10-12-14-16-18-20-21-22-23-25-26-28-30-32-34-36-43(46)50-40-42(41-52-54(48,49)51-39-38-45(3,4)5)53-44(47)37-35-33-31-29-27-24-19-17-15-13-11-9-7-2/h14,16,20-21,23,25,28,30,42H,6-13,15,17-19,22,24,26-27,29,31-41H2,1-5H3/p+1/b16-14+,21-20+,25-23-,30-28+/t42-/m1/s1. The summed E-state index contributed by atoms with van der Waals surface area (Å²) in [6, 6.07) is 0. The van der Waals surface area contributed by atoms with Gasteiger partial charge in [-0.1, -0.05) is 152 Å². The molecule has 10 heteroatoms. The van der Waals surface area contributed by atoms with Crippen molar-refractivity contribution in [1.82, 2.24) is 0 Å². The predicted octanol–water partition coefficient (Wildman–Crippen LogP) is 11.9. The highest BCUT2D eigenvalue weighted by Gasteiger charge is 2.27. The lowest BCUT2D eigenvalue weighted by molar-refractivity contribution is -0.870. The monoisotopic (exact) mass is 783 g/mol. The van der Waals surface area contributed by atoms with Crippen LogP contribution in [0.15, 0.2) is 48.6 Å². The second-order valence-corrected chi connectivity index (χ2v) is 16.8. The van der Waals surface area contributed by atoms with Crippen molar-refractivity contribution >= 4 is 19.8 Å². The Bertz CT molecular complexity index is 1070. The molecule has 0 radical (unpaired) electrons. The smallest absolute Gasteiger partial charge is 0.462 e. The van der Waals surface area contributed by atoms with Gasteiger partial charge in [0.05, 0.1) is 27.7 Å². The van der Waals surface area contributed by atoms with E-state index in [1.165, 1.54) is 89.9 Å². The molecule has 0 aliphatic carbocycles. The molecule has 0 saturated carbocycles. The van der Waals surface area contributed by atoms with E-state index in [1.54, 1.807) is 0 Å². The number of rotatable bonds is 38. The van der Waals surface area contributed by atoms with Gasteiger partial charge < -0.3 is 18.9 Å². The van der Waals surface area contributed by atoms with Crippen molar-refractivity contribution in [3.8, 4) is 0 Å². The number of likely N-dealkylation sites (N-methyl/N-ethyl adjacent to an activating group) is 1. The Morgan fingerprint density at radius 3 is 1.54 bits per heavy atom. The molecule has 0 fully saturated rings. The van der Waals surface area contributed by atoms with Crippen molar-refractivity contribution in [2.75, 3.05) is 47.5 Å². The summed E-state index contributed by atoms with van der Waals surface area (Å²) in [5.41, 5.74) is 0. The third kappa shape index (κ3) is 39.7. The number of esters is 2. The second-order valence-electron chi connectivity index (χ2n) is 15.4. The first kappa shape index (κ1) is 52.0. The molecule has 1 unspecified atom stereocenters. The molecular weight excluding hydrogens is 701 g/mol. The van der Waals surface area contributed by atoms with Crippen LogP contribution in [0.4, 0.5) is 0 Å². The Balaban J connectivity index is 4.47. The van der Waals surface area contributed by atoms with Gasteiger partial charge in [-0.3, -0.25) is 18.6 Å². The van der Waals surface area contributed by atoms with Crippen LogP contribution in [-0.2, 0) is 32.7 Å². The van der Waals surface area contributed by atoms with Crippen LogP contribution >= 0.6 is 7.82 Å². The highest BCUT2D eigenvalue weighted by molar-refractivity contribution is 7.47. The van der Waals surface area contributed by atoms with Crippen molar-refractivity contribution < 1.29 is 42.1 Å². The van der Waals surface area contributed by atoms with Crippen molar-refractivity contribution in [3.05, 3.63) is 48.6 Å². The minimum Gasteiger partial charge on any atom is -0.462 e. The summed E-state index contributed by atoms with van der Waals surface area (Å²) >= 11 is 0. The molecular formula is C44H81NO8P+. The highest BCUT2D eigenvalue weighted by atomic mass is 31.2. The third-order valence-corrected chi connectivity index (χ3v) is 9.85. The van der Waals surface area contributed by atoms with Crippen LogP contribution in [0.3, 0.4) is 0 Å². The van der Waals surface area contributed by atoms with E-state index in [2.05, 4.69) is 62.5 Å². The fourth-order valence-electron chi connectivity index (χ4n) is 5.48. The SMILES string of the molecule is CCCCC/C=C/C/C=C/C/C=C\C/C=C/CCCC(=O)OC[C@H](COP(=O)(O)OCC[N+](C)(C)C)OC(=O)CCCCCCCCCCCCCCC. The minimum absolute atomic E-state index is 0.0230. The molecule has 54 heavy (non-hydrogen) atoms. The molecule has 0 bridgehead atoms. The lowest BCUT2D eigenvalue weighted by Crippen LogP contribution is -2.37. The Morgan fingerprint density at radius 2 is 1.02 bits per heavy atom. The summed E-state index contributed by atoms with van der Waals surface area (Å²) in [5.74, 6) is -0.864. The summed E-state index contributed by atoms with van der Waals surface area (Å²) < 4.78 is 34.2. The summed E-state index contributed by atoms with van der Waals surface area (Å²) in [7, 11) is 1.45. The second kappa shape index (κ2) is 36.6. The Kier molecular flexibility index (Phi) is 35.2. The third-order valence-electron chi connectivity index (χ3n) is 8.86. The summed E-state index contributed by atoms with van der Waals surface area (Å²) in [6.45, 7) is 4.32. The molecule has 0 heterocycles. The van der Waals surface area contributed by atoms with Crippen LogP contribution in [0.1, 0.15) is 168 Å². The summed E-state index contributed by atoms with van der Waals surface area (Å²) in [6.07, 6.45) is 41.6. The first-order valence-electron chi connectivity index (χ1n) is 21.4. The number of quaternary nitrogens is 1. The number of nitrogens with zero attached hydrogens (tertiary/aromatic N) is 1. The van der Waals surface area contributed by atoms with Gasteiger partial charge in [0, 0.05) is 12.8 Å². The Labute approximate surface area is 331 Å². The van der Waals surface area contributed by atoms with E-state index >= 15 is 0 Å². The predicted molar refractivity (Wildman–Crippen MR) is 224 cm³/mol. The maximum Gasteiger partial charge on any atom is 0.472 e. The maximum atomic E-state index is 12.7. The van der Waals surface area contributed by atoms with Gasteiger partial charge in [-0.2, -0.15) is 0 Å². The molecule has 0 spiro atoms. The van der Waals surface area contributed by atoms with Crippen LogP contribution in [0.2, 0.25) is 0 Å². The molecule has 0 rings (SSSR count). The fraction of sp³-hybridized carbons (Fsp3) is 0.773. The average Bonchev–Trinajstić information content (AvgIpc) is 3.12. The first-order chi connectivity index (χ1) is 26.0. The zero-order chi connectivity index (χ0) is 40.0. The lowest BCUT2D eigenvalue weighted by atomic mass is 10.0. The van der Waals surface area contributed by atoms with Crippen molar-refractivity contribution in [2.24, 2.45) is 0 Å². The van der Waals surface area contributed by atoms with E-state index in [1.807, 2.05) is 21.1 Å². The van der Waals surface area contributed by atoms with E-state index in [0.29, 0.717) is 23.9 Å². The number of hydrogen-bond acceptors (Lipinski definition) is 7. The van der Waals surface area contributed by atoms with E-state index in [4.69, 9.17) is 18.5 Å². The number of hydrogen-bond donors (Lipinski definition) is 1. The zero-order valence-electron chi connectivity index (χ0n) is 35.2. The van der Waals surface area contributed by atoms with Gasteiger partial charge >= 0.3 is 19.8 Å². The number of carbonyl (C=O) groups excluding carboxylic acids is 2. The molecule has 2 atom stereocenters. The van der Waals surface area contributed by atoms with E-state index < -0.39 is 32.5 Å². The van der Waals surface area contributed by atoms with Gasteiger partial charge in [0.2, 0.25) is 0 Å². The first-order valence-corrected chi connectivity index (χ1v) is 22.9. The van der Waals surface area contributed by atoms with Crippen molar-refractivity contribution in [1.29, 1.82) is 0 Å². The van der Waals surface area contributed by atoms with Gasteiger partial charge in [-0.15, -0.1) is 0 Å². The molecule has 0 saturated heterocycles. The van der Waals surface area contributed by atoms with Crippen LogP contribution in [0, 0.1) is 0 Å². The lowest BCUT2D eigenvalue weighted by Gasteiger charge is -2.24. The normalized spacial score (nSPS) is 14.1. The Morgan fingerprint density at radius 1 is 0.574 bits per heavy atom. The van der Waals surface area contributed by atoms with Crippen LogP contribution in [0.25, 0.3) is 0 Å². The molecule has 0 aromatic rings. The van der Waals surface area contributed by atoms with Crippen LogP contribution in [-0.4, -0.2) is 74.9 Å². The topological polar surface area (TPSA) is 108 Å². The Hall–Kier alpha value is -2.03. The van der Waals surface area contributed by atoms with Crippen LogP contribution in [0.5, 0.6) is 0 Å². The number of unbranched alkanes of at least 4 members (excludes halogenated alkanes) is 16. The summed E-state index contributed by atoms with van der Waals surface area (Å²) in [5, 5.41) is 0. The molecule has 0 amide bonds. The molecule has 0 aliphatic rings. The van der Waals surface area contributed by atoms with Gasteiger partial charge in [0.1, 0.15) is 19.8 Å². The quantitative estimate of drug-likeness (QED) is 0.0217. The number of allylic oxidation sites excluding steroid dienone is 8.